The van der Waals surface area contributed by atoms with Gasteiger partial charge in [0, 0.05) is 22.6 Å². The van der Waals surface area contributed by atoms with E-state index in [1.807, 2.05) is 6.92 Å². The summed E-state index contributed by atoms with van der Waals surface area (Å²) in [7, 11) is 0. The smallest absolute Gasteiger partial charge is 0 e. The van der Waals surface area contributed by atoms with E-state index in [0.29, 0.717) is 0 Å². The van der Waals surface area contributed by atoms with Crippen molar-refractivity contribution in [2.24, 2.45) is 0 Å². The van der Waals surface area contributed by atoms with Gasteiger partial charge in [-0.1, -0.05) is 19.8 Å². The molecule has 0 heterocycles. The van der Waals surface area contributed by atoms with Gasteiger partial charge >= 0.3 is 0 Å². The van der Waals surface area contributed by atoms with E-state index in [1.54, 1.807) is 6.42 Å². The molecule has 0 fully saturated rings. The summed E-state index contributed by atoms with van der Waals surface area (Å²) in [6.45, 7) is 1.92. The molecule has 6 heavy (non-hydrogen) atoms. The van der Waals surface area contributed by atoms with Gasteiger partial charge in [-0.15, -0.1) is 6.61 Å². The van der Waals surface area contributed by atoms with Crippen molar-refractivity contribution in [2.45, 2.75) is 13.3 Å². The van der Waals surface area contributed by atoms with Gasteiger partial charge in [0.2, 0.25) is 0 Å². The molecule has 0 saturated heterocycles. The molecule has 1 nitrogen and oxygen atoms in total. The molecular formula is C4H12GaO-. The Morgan fingerprint density at radius 1 is 1.83 bits per heavy atom. The van der Waals surface area contributed by atoms with Crippen LogP contribution in [0.5, 0.6) is 0 Å². The molecule has 0 amide bonds. The molecule has 0 aliphatic rings. The molecule has 0 spiro atoms. The first-order chi connectivity index (χ1) is 2.41. The molecule has 0 aromatic carbocycles. The molecule has 2 heteroatoms. The topological polar surface area (TPSA) is 23.1 Å². The van der Waals surface area contributed by atoms with Crippen LogP contribution >= 0.6 is 0 Å². The molecule has 0 aromatic rings. The van der Waals surface area contributed by atoms with E-state index >= 15 is 0 Å². The van der Waals surface area contributed by atoms with Crippen LogP contribution in [-0.4, -0.2) is 26.4 Å². The normalized spacial score (nSPS) is 7.00. The number of hydrogen-bond acceptors (Lipinski definition) is 1. The monoisotopic (exact) mass is 145 g/mol. The Morgan fingerprint density at radius 2 is 2.33 bits per heavy atom. The van der Waals surface area contributed by atoms with Gasteiger partial charge in [0.05, 0.1) is 0 Å². The van der Waals surface area contributed by atoms with Crippen molar-refractivity contribution in [3.05, 3.63) is 6.42 Å². The summed E-state index contributed by atoms with van der Waals surface area (Å²) in [4.78, 5) is 0. The third-order valence-corrected chi connectivity index (χ3v) is 0.407. The van der Waals surface area contributed by atoms with Crippen LogP contribution in [-0.2, 0) is 0 Å². The van der Waals surface area contributed by atoms with Crippen molar-refractivity contribution in [1.82, 2.24) is 0 Å². The van der Waals surface area contributed by atoms with Gasteiger partial charge in [-0.05, 0) is 0 Å². The van der Waals surface area contributed by atoms with Crippen LogP contribution in [0.15, 0.2) is 0 Å². The van der Waals surface area contributed by atoms with Crippen LogP contribution in [0.25, 0.3) is 0 Å². The first-order valence-corrected chi connectivity index (χ1v) is 1.81. The van der Waals surface area contributed by atoms with E-state index in [0.717, 1.165) is 6.42 Å². The molecule has 0 aromatic heterocycles. The van der Waals surface area contributed by atoms with Gasteiger partial charge in [-0.3, -0.25) is 0 Å². The Bertz CT molecular complexity index is 21.5. The zero-order valence-electron chi connectivity index (χ0n) is 3.98. The molecule has 0 rings (SSSR count). The summed E-state index contributed by atoms with van der Waals surface area (Å²) in [5, 5.41) is 9.47. The fourth-order valence-electron chi connectivity index (χ4n) is 0.118. The molecule has 4 radical (unpaired) electrons. The third-order valence-electron chi connectivity index (χ3n) is 0.407. The Labute approximate surface area is 54.8 Å². The molecule has 0 aliphatic carbocycles. The van der Waals surface area contributed by atoms with E-state index in [-0.39, 0.29) is 29.3 Å². The van der Waals surface area contributed by atoms with Crippen molar-refractivity contribution < 1.29 is 7.96 Å². The Balaban J connectivity index is -0.0000000267. The van der Waals surface area contributed by atoms with Gasteiger partial charge < -0.3 is 5.11 Å². The Kier molecular flexibility index (Phi) is 14.9. The van der Waals surface area contributed by atoms with Crippen LogP contribution in [0.1, 0.15) is 16.2 Å². The molecule has 0 bridgehead atoms. The van der Waals surface area contributed by atoms with Crippen LogP contribution in [0.2, 0.25) is 0 Å². The van der Waals surface area contributed by atoms with Crippen molar-refractivity contribution in [3.63, 3.8) is 0 Å². The van der Waals surface area contributed by atoms with Gasteiger partial charge in [0.15, 0.2) is 0 Å². The van der Waals surface area contributed by atoms with E-state index < -0.39 is 0 Å². The standard InChI is InChI=1S/C4H8O.Ga.2H2/c1-2-3-4-5;;;/h3H,2,4H2,1H3;;2*1H/q-1;;;. The second kappa shape index (κ2) is 9.14. The molecule has 0 unspecified atom stereocenters. The second-order valence-electron chi connectivity index (χ2n) is 0.864. The zero-order valence-corrected chi connectivity index (χ0v) is 6.40. The maximum atomic E-state index is 9.47. The average molecular weight is 146 g/mol. The molecule has 0 saturated carbocycles. The summed E-state index contributed by atoms with van der Waals surface area (Å²) in [5.41, 5.74) is 0. The predicted molar refractivity (Wildman–Crippen MR) is 29.4 cm³/mol. The summed E-state index contributed by atoms with van der Waals surface area (Å²) in [6.07, 6.45) is 2.60. The molecule has 0 atom stereocenters. The van der Waals surface area contributed by atoms with Crippen molar-refractivity contribution in [2.75, 3.05) is 6.61 Å². The van der Waals surface area contributed by atoms with E-state index in [2.05, 4.69) is 0 Å². The van der Waals surface area contributed by atoms with Crippen LogP contribution in [0, 0.1) is 6.42 Å². The molecule has 0 aliphatic heterocycles. The van der Waals surface area contributed by atoms with E-state index in [4.69, 9.17) is 0 Å². The van der Waals surface area contributed by atoms with E-state index in [9.17, 15) is 5.11 Å². The van der Waals surface area contributed by atoms with Crippen LogP contribution < -0.4 is 5.11 Å². The molecular weight excluding hydrogens is 134 g/mol. The Morgan fingerprint density at radius 3 is 2.33 bits per heavy atom. The first-order valence-electron chi connectivity index (χ1n) is 1.81. The predicted octanol–water partition coefficient (Wildman–Crippen LogP) is 0.0722. The Hall–Kier alpha value is 0.596. The fraction of sp³-hybridized carbons (Fsp3) is 0.750. The van der Waals surface area contributed by atoms with Crippen molar-refractivity contribution in [1.29, 1.82) is 0 Å². The van der Waals surface area contributed by atoms with Crippen LogP contribution in [0.4, 0.5) is 0 Å². The SMILES string of the molecule is CC[CH]C[O-].[Ga].[HH].[HH]. The minimum absolute atomic E-state index is 0. The maximum absolute atomic E-state index is 9.47. The zero-order chi connectivity index (χ0) is 4.12. The third kappa shape index (κ3) is 8.82. The molecule has 0 N–H and O–H groups in total. The molecule has 38 valence electrons. The van der Waals surface area contributed by atoms with Crippen molar-refractivity contribution in [3.8, 4) is 0 Å². The van der Waals surface area contributed by atoms with Crippen molar-refractivity contribution >= 4 is 19.8 Å². The van der Waals surface area contributed by atoms with Gasteiger partial charge in [0.1, 0.15) is 0 Å². The average Bonchev–Trinajstić information content (AvgIpc) is 1.41. The number of unbranched alkanes of at least 4 members (excludes halogenated alkanes) is 1. The summed E-state index contributed by atoms with van der Waals surface area (Å²) >= 11 is 0. The number of hydrogen-bond donors (Lipinski definition) is 0. The minimum atomic E-state index is -0.0312. The minimum Gasteiger partial charge on any atom is -0.854 e. The van der Waals surface area contributed by atoms with E-state index in [1.165, 1.54) is 0 Å². The second-order valence-corrected chi connectivity index (χ2v) is 0.864. The summed E-state index contributed by atoms with van der Waals surface area (Å²) in [5.74, 6) is 0. The van der Waals surface area contributed by atoms with Crippen LogP contribution in [0.3, 0.4) is 0 Å². The first kappa shape index (κ1) is 9.78. The largest absolute Gasteiger partial charge is 0.854 e. The quantitative estimate of drug-likeness (QED) is 0.505. The fourth-order valence-corrected chi connectivity index (χ4v) is 0.118. The van der Waals surface area contributed by atoms with Gasteiger partial charge in [-0.2, -0.15) is 0 Å². The maximum Gasteiger partial charge on any atom is 0 e. The van der Waals surface area contributed by atoms with Gasteiger partial charge in [-0.25, -0.2) is 0 Å². The van der Waals surface area contributed by atoms with Gasteiger partial charge in [0.25, 0.3) is 0 Å². The summed E-state index contributed by atoms with van der Waals surface area (Å²) < 4.78 is 0. The summed E-state index contributed by atoms with van der Waals surface area (Å²) in [6, 6.07) is 0. The number of rotatable bonds is 2.